The molecule has 3 amide bonds. The van der Waals surface area contributed by atoms with E-state index in [1.807, 2.05) is 52.1 Å². The Balaban J connectivity index is 3.46. The zero-order valence-electron chi connectivity index (χ0n) is 23.0. The molecule has 0 radical (unpaired) electrons. The van der Waals surface area contributed by atoms with Crippen LogP contribution in [0.3, 0.4) is 0 Å². The maximum absolute atomic E-state index is 14.0. The number of thioether (sulfide) groups is 1. The molecule has 1 aromatic rings. The minimum Gasteiger partial charge on any atom is -0.444 e. The number of carbonyl (C=O) groups is 3. The molecule has 0 aromatic heterocycles. The van der Waals surface area contributed by atoms with Crippen molar-refractivity contribution >= 4 is 29.7 Å². The Morgan fingerprint density at radius 3 is 2.34 bits per heavy atom. The summed E-state index contributed by atoms with van der Waals surface area (Å²) in [6.07, 6.45) is 3.56. The molecule has 0 saturated carbocycles. The molecule has 1 rings (SSSR count). The lowest BCUT2D eigenvalue weighted by atomic mass is 9.94. The maximum atomic E-state index is 14.0. The van der Waals surface area contributed by atoms with Crippen molar-refractivity contribution in [1.82, 2.24) is 15.5 Å². The number of ether oxygens (including phenoxy) is 1. The summed E-state index contributed by atoms with van der Waals surface area (Å²) in [6.45, 7) is 15.7. The van der Waals surface area contributed by atoms with E-state index in [9.17, 15) is 14.4 Å². The first-order chi connectivity index (χ1) is 16.3. The number of hydrogen-bond donors (Lipinski definition) is 2. The molecule has 0 spiro atoms. The zero-order valence-corrected chi connectivity index (χ0v) is 23.8. The quantitative estimate of drug-likeness (QED) is 0.382. The molecule has 0 saturated heterocycles. The number of nitrogens with zero attached hydrogens (tertiary/aromatic N) is 1. The summed E-state index contributed by atoms with van der Waals surface area (Å²) >= 11 is 1.59. The second-order valence-corrected chi connectivity index (χ2v) is 11.1. The Bertz CT molecular complexity index is 851. The van der Waals surface area contributed by atoms with E-state index in [0.717, 1.165) is 29.5 Å². The first-order valence-corrected chi connectivity index (χ1v) is 13.9. The number of alkyl carbamates (subject to hydrolysis) is 1. The van der Waals surface area contributed by atoms with Crippen molar-refractivity contribution < 1.29 is 19.1 Å². The van der Waals surface area contributed by atoms with Crippen LogP contribution in [0.25, 0.3) is 0 Å². The third kappa shape index (κ3) is 9.74. The summed E-state index contributed by atoms with van der Waals surface area (Å²) in [7, 11) is 0. The van der Waals surface area contributed by atoms with Gasteiger partial charge in [0, 0.05) is 12.6 Å². The molecule has 35 heavy (non-hydrogen) atoms. The molecule has 0 bridgehead atoms. The van der Waals surface area contributed by atoms with E-state index >= 15 is 0 Å². The van der Waals surface area contributed by atoms with Crippen LogP contribution in [0.2, 0.25) is 0 Å². The molecular formula is C27H45N3O4S. The fourth-order valence-corrected chi connectivity index (χ4v) is 4.25. The molecule has 0 aliphatic heterocycles. The van der Waals surface area contributed by atoms with E-state index in [1.54, 1.807) is 37.4 Å². The van der Waals surface area contributed by atoms with E-state index < -0.39 is 23.8 Å². The van der Waals surface area contributed by atoms with Gasteiger partial charge in [-0.25, -0.2) is 4.79 Å². The fraction of sp³-hybridized carbons (Fsp3) is 0.667. The Kier molecular flexibility index (Phi) is 12.6. The maximum Gasteiger partial charge on any atom is 0.408 e. The number of hydrogen-bond acceptors (Lipinski definition) is 5. The van der Waals surface area contributed by atoms with Gasteiger partial charge in [0.05, 0.1) is 0 Å². The summed E-state index contributed by atoms with van der Waals surface area (Å²) in [5.41, 5.74) is 2.13. The molecule has 1 aromatic carbocycles. The number of carbonyl (C=O) groups excluding carboxylic acids is 3. The summed E-state index contributed by atoms with van der Waals surface area (Å²) in [4.78, 5) is 41.8. The van der Waals surface area contributed by atoms with Crippen molar-refractivity contribution in [2.45, 2.75) is 98.4 Å². The molecule has 0 heterocycles. The van der Waals surface area contributed by atoms with Gasteiger partial charge >= 0.3 is 6.09 Å². The van der Waals surface area contributed by atoms with Gasteiger partial charge in [-0.1, -0.05) is 31.5 Å². The molecule has 198 valence electrons. The molecule has 8 heteroatoms. The highest BCUT2D eigenvalue weighted by Gasteiger charge is 2.38. The van der Waals surface area contributed by atoms with Crippen LogP contribution in [-0.4, -0.2) is 59.0 Å². The van der Waals surface area contributed by atoms with Gasteiger partial charge in [0.25, 0.3) is 0 Å². The predicted octanol–water partition coefficient (Wildman–Crippen LogP) is 5.14. The topological polar surface area (TPSA) is 87.7 Å². The van der Waals surface area contributed by atoms with E-state index in [1.165, 1.54) is 0 Å². The van der Waals surface area contributed by atoms with Gasteiger partial charge in [0.1, 0.15) is 17.7 Å². The van der Waals surface area contributed by atoms with Crippen molar-refractivity contribution in [3.63, 3.8) is 0 Å². The predicted molar refractivity (Wildman–Crippen MR) is 145 cm³/mol. The average molecular weight is 508 g/mol. The minimum atomic E-state index is -0.809. The number of benzene rings is 1. The van der Waals surface area contributed by atoms with Crippen LogP contribution in [0.4, 0.5) is 4.79 Å². The average Bonchev–Trinajstić information content (AvgIpc) is 2.75. The Morgan fingerprint density at radius 1 is 1.14 bits per heavy atom. The molecular weight excluding hydrogens is 462 g/mol. The molecule has 2 atom stereocenters. The Morgan fingerprint density at radius 2 is 1.80 bits per heavy atom. The van der Waals surface area contributed by atoms with Gasteiger partial charge in [-0.15, -0.1) is 0 Å². The second kappa shape index (κ2) is 14.4. The van der Waals surface area contributed by atoms with Gasteiger partial charge < -0.3 is 20.3 Å². The molecule has 2 N–H and O–H groups in total. The second-order valence-electron chi connectivity index (χ2n) is 10.2. The molecule has 7 nitrogen and oxygen atoms in total. The smallest absolute Gasteiger partial charge is 0.408 e. The lowest BCUT2D eigenvalue weighted by molar-refractivity contribution is -0.144. The zero-order chi connectivity index (χ0) is 26.8. The van der Waals surface area contributed by atoms with Gasteiger partial charge in [-0.2, -0.15) is 11.8 Å². The monoisotopic (exact) mass is 507 g/mol. The fourth-order valence-electron chi connectivity index (χ4n) is 3.78. The minimum absolute atomic E-state index is 0.213. The summed E-state index contributed by atoms with van der Waals surface area (Å²) in [5.74, 6) is 0.168. The third-order valence-corrected chi connectivity index (χ3v) is 6.35. The first-order valence-electron chi connectivity index (χ1n) is 12.5. The van der Waals surface area contributed by atoms with Gasteiger partial charge in [0.2, 0.25) is 11.8 Å². The summed E-state index contributed by atoms with van der Waals surface area (Å²) in [6, 6.07) is 3.93. The van der Waals surface area contributed by atoms with Crippen LogP contribution >= 0.6 is 11.8 Å². The number of unbranched alkanes of at least 4 members (excludes halogenated alkanes) is 1. The van der Waals surface area contributed by atoms with Crippen molar-refractivity contribution in [2.75, 3.05) is 18.6 Å². The lowest BCUT2D eigenvalue weighted by Crippen LogP contribution is -2.55. The van der Waals surface area contributed by atoms with Gasteiger partial charge in [0.15, 0.2) is 0 Å². The van der Waals surface area contributed by atoms with Crippen LogP contribution in [0.15, 0.2) is 18.2 Å². The van der Waals surface area contributed by atoms with Crippen molar-refractivity contribution in [1.29, 1.82) is 0 Å². The normalized spacial score (nSPS) is 13.2. The van der Waals surface area contributed by atoms with E-state index in [0.29, 0.717) is 18.7 Å². The van der Waals surface area contributed by atoms with Crippen LogP contribution in [-0.2, 0) is 14.3 Å². The van der Waals surface area contributed by atoms with Crippen LogP contribution in [0.1, 0.15) is 83.5 Å². The van der Waals surface area contributed by atoms with Crippen molar-refractivity contribution in [2.24, 2.45) is 0 Å². The lowest BCUT2D eigenvalue weighted by Gasteiger charge is -2.38. The largest absolute Gasteiger partial charge is 0.444 e. The highest BCUT2D eigenvalue weighted by atomic mass is 32.2. The summed E-state index contributed by atoms with van der Waals surface area (Å²) < 4.78 is 5.42. The highest BCUT2D eigenvalue weighted by Crippen LogP contribution is 2.29. The van der Waals surface area contributed by atoms with Crippen LogP contribution < -0.4 is 10.6 Å². The van der Waals surface area contributed by atoms with Crippen molar-refractivity contribution in [3.8, 4) is 0 Å². The Hall–Kier alpha value is -2.22. The standard InChI is InChI=1S/C27H45N3O4S/c1-10-11-16-28-24(31)23(21-14-12-13-19(4)20(21)5)30(18(2)3)25(32)22(15-17-35-9)29-26(33)34-27(6,7)8/h12-14,18,22-23H,10-11,15-17H2,1-9H3,(H,28,31)(H,29,33). The molecule has 0 fully saturated rings. The Labute approximate surface area is 216 Å². The SMILES string of the molecule is CCCCNC(=O)C(c1cccc(C)c1C)N(C(=O)C(CCSC)NC(=O)OC(C)(C)C)C(C)C. The summed E-state index contributed by atoms with van der Waals surface area (Å²) in [5, 5.41) is 5.79. The van der Waals surface area contributed by atoms with E-state index in [-0.39, 0.29) is 17.9 Å². The van der Waals surface area contributed by atoms with E-state index in [4.69, 9.17) is 4.74 Å². The third-order valence-electron chi connectivity index (χ3n) is 5.71. The van der Waals surface area contributed by atoms with E-state index in [2.05, 4.69) is 17.6 Å². The van der Waals surface area contributed by atoms with Gasteiger partial charge in [-0.3, -0.25) is 9.59 Å². The number of amides is 3. The van der Waals surface area contributed by atoms with Crippen molar-refractivity contribution in [3.05, 3.63) is 34.9 Å². The first kappa shape index (κ1) is 30.8. The number of nitrogens with one attached hydrogen (secondary N) is 2. The van der Waals surface area contributed by atoms with Crippen LogP contribution in [0, 0.1) is 13.8 Å². The number of aryl methyl sites for hydroxylation is 1. The molecule has 2 unspecified atom stereocenters. The van der Waals surface area contributed by atoms with Crippen LogP contribution in [0.5, 0.6) is 0 Å². The molecule has 0 aliphatic rings. The highest BCUT2D eigenvalue weighted by molar-refractivity contribution is 7.98. The van der Waals surface area contributed by atoms with Gasteiger partial charge in [-0.05, 0) is 90.0 Å². The number of rotatable bonds is 12. The molecule has 0 aliphatic carbocycles.